The maximum atomic E-state index is 14.3. The Morgan fingerprint density at radius 1 is 0.841 bits per heavy atom. The number of hydrogen-bond acceptors (Lipinski definition) is 6. The summed E-state index contributed by atoms with van der Waals surface area (Å²) in [5, 5.41) is 0.115. The SMILES string of the molecule is CC(C)N([C@@H](CCC[C@H](C)N[S@@+]([O-])C(C)(C)C)CO[Si](C)(C)C(C)(C)C)S(=O)(=O)c1ccc(CO[Si](C)(C)C(C)(C)C)cc1. The highest BCUT2D eigenvalue weighted by molar-refractivity contribution is 7.90. The average molecular weight is 691 g/mol. The van der Waals surface area contributed by atoms with Crippen LogP contribution in [0.3, 0.4) is 0 Å². The molecule has 1 aromatic carbocycles. The smallest absolute Gasteiger partial charge is 0.243 e. The molecule has 1 N–H and O–H groups in total. The van der Waals surface area contributed by atoms with Gasteiger partial charge < -0.3 is 13.4 Å². The molecule has 44 heavy (non-hydrogen) atoms. The van der Waals surface area contributed by atoms with E-state index in [2.05, 4.69) is 72.5 Å². The second kappa shape index (κ2) is 15.8. The normalized spacial score (nSPS) is 16.4. The molecule has 0 saturated carbocycles. The van der Waals surface area contributed by atoms with Crippen LogP contribution in [0.25, 0.3) is 0 Å². The lowest BCUT2D eigenvalue weighted by molar-refractivity contribution is 0.161. The van der Waals surface area contributed by atoms with Crippen LogP contribution in [0.15, 0.2) is 29.2 Å². The zero-order chi connectivity index (χ0) is 34.5. The maximum Gasteiger partial charge on any atom is 0.243 e. The van der Waals surface area contributed by atoms with Crippen molar-refractivity contribution in [1.29, 1.82) is 0 Å². The van der Waals surface area contributed by atoms with E-state index in [1.165, 1.54) is 0 Å². The second-order valence-corrected chi connectivity index (χ2v) is 30.1. The molecule has 258 valence electrons. The number of rotatable bonds is 16. The van der Waals surface area contributed by atoms with Gasteiger partial charge in [-0.2, -0.15) is 4.31 Å². The van der Waals surface area contributed by atoms with E-state index in [9.17, 15) is 13.0 Å². The van der Waals surface area contributed by atoms with Crippen LogP contribution in [0, 0.1) is 0 Å². The van der Waals surface area contributed by atoms with E-state index in [4.69, 9.17) is 8.85 Å². The molecule has 0 aliphatic heterocycles. The van der Waals surface area contributed by atoms with Crippen molar-refractivity contribution in [2.45, 2.75) is 173 Å². The predicted molar refractivity (Wildman–Crippen MR) is 194 cm³/mol. The molecule has 0 saturated heterocycles. The van der Waals surface area contributed by atoms with Crippen LogP contribution in [-0.2, 0) is 36.8 Å². The first kappa shape index (κ1) is 41.8. The Morgan fingerprint density at radius 2 is 1.32 bits per heavy atom. The third-order valence-electron chi connectivity index (χ3n) is 9.26. The summed E-state index contributed by atoms with van der Waals surface area (Å²) in [6.45, 7) is 34.7. The van der Waals surface area contributed by atoms with Crippen LogP contribution in [-0.4, -0.2) is 63.4 Å². The molecule has 3 atom stereocenters. The number of nitrogens with zero attached hydrogens (tertiary/aromatic N) is 1. The van der Waals surface area contributed by atoms with Crippen LogP contribution in [0.1, 0.15) is 108 Å². The van der Waals surface area contributed by atoms with Crippen LogP contribution in [0.5, 0.6) is 0 Å². The van der Waals surface area contributed by atoms with Gasteiger partial charge >= 0.3 is 0 Å². The van der Waals surface area contributed by atoms with Crippen molar-refractivity contribution in [3.8, 4) is 0 Å². The van der Waals surface area contributed by atoms with Gasteiger partial charge in [-0.25, -0.2) is 8.42 Å². The Kier molecular flexibility index (Phi) is 15.0. The Morgan fingerprint density at radius 3 is 1.75 bits per heavy atom. The molecule has 0 unspecified atom stereocenters. The monoisotopic (exact) mass is 690 g/mol. The summed E-state index contributed by atoms with van der Waals surface area (Å²) in [6, 6.07) is 6.66. The fraction of sp³-hybridized carbons (Fsp3) is 0.818. The van der Waals surface area contributed by atoms with E-state index in [0.29, 0.717) is 19.6 Å². The Labute approximate surface area is 277 Å². The first-order valence-corrected chi connectivity index (χ1v) is 24.6. The van der Waals surface area contributed by atoms with E-state index >= 15 is 0 Å². The third-order valence-corrected chi connectivity index (χ3v) is 22.1. The van der Waals surface area contributed by atoms with Crippen molar-refractivity contribution in [1.82, 2.24) is 9.03 Å². The van der Waals surface area contributed by atoms with Gasteiger partial charge in [0.05, 0.1) is 18.1 Å². The predicted octanol–water partition coefficient (Wildman–Crippen LogP) is 8.61. The molecule has 0 heterocycles. The van der Waals surface area contributed by atoms with Crippen molar-refractivity contribution < 1.29 is 21.8 Å². The fourth-order valence-corrected chi connectivity index (χ4v) is 8.81. The van der Waals surface area contributed by atoms with Gasteiger partial charge in [0.25, 0.3) is 0 Å². The van der Waals surface area contributed by atoms with Gasteiger partial charge in [0.15, 0.2) is 16.6 Å². The zero-order valence-corrected chi connectivity index (χ0v) is 34.5. The van der Waals surface area contributed by atoms with Crippen molar-refractivity contribution in [3.63, 3.8) is 0 Å². The number of sulfonamides is 1. The third kappa shape index (κ3) is 12.1. The quantitative estimate of drug-likeness (QED) is 0.138. The Bertz CT molecular complexity index is 1120. The molecule has 0 radical (unpaired) electrons. The zero-order valence-electron chi connectivity index (χ0n) is 30.9. The molecule has 0 bridgehead atoms. The lowest BCUT2D eigenvalue weighted by Crippen LogP contribution is -2.50. The molecule has 1 rings (SSSR count). The van der Waals surface area contributed by atoms with Crippen molar-refractivity contribution >= 4 is 38.0 Å². The molecule has 0 aliphatic carbocycles. The number of hydrogen-bond donors (Lipinski definition) is 1. The molecular weight excluding hydrogens is 625 g/mol. The van der Waals surface area contributed by atoms with E-state index in [1.807, 2.05) is 53.7 Å². The van der Waals surface area contributed by atoms with Crippen LogP contribution in [0.2, 0.25) is 36.3 Å². The van der Waals surface area contributed by atoms with E-state index in [0.717, 1.165) is 18.4 Å². The van der Waals surface area contributed by atoms with Gasteiger partial charge in [0, 0.05) is 29.5 Å². The van der Waals surface area contributed by atoms with Crippen LogP contribution >= 0.6 is 0 Å². The highest BCUT2D eigenvalue weighted by atomic mass is 32.2. The van der Waals surface area contributed by atoms with Crippen molar-refractivity contribution in [2.24, 2.45) is 0 Å². The molecule has 11 heteroatoms. The first-order chi connectivity index (χ1) is 19.6. The van der Waals surface area contributed by atoms with E-state index < -0.39 is 38.0 Å². The minimum atomic E-state index is -3.80. The molecule has 0 fully saturated rings. The highest BCUT2D eigenvalue weighted by Gasteiger charge is 2.41. The average Bonchev–Trinajstić information content (AvgIpc) is 2.83. The van der Waals surface area contributed by atoms with Gasteiger partial charge in [-0.3, -0.25) is 0 Å². The lowest BCUT2D eigenvalue weighted by Gasteiger charge is -2.40. The summed E-state index contributed by atoms with van der Waals surface area (Å²) in [5.74, 6) is 0. The van der Waals surface area contributed by atoms with Crippen molar-refractivity contribution in [2.75, 3.05) is 6.61 Å². The summed E-state index contributed by atoms with van der Waals surface area (Å²) in [6.07, 6.45) is 2.22. The van der Waals surface area contributed by atoms with Gasteiger partial charge in [-0.1, -0.05) is 60.1 Å². The molecule has 0 spiro atoms. The number of benzene rings is 1. The molecule has 0 aromatic heterocycles. The van der Waals surface area contributed by atoms with Gasteiger partial charge in [0.2, 0.25) is 10.0 Å². The number of nitrogens with one attached hydrogen (secondary N) is 1. The molecule has 0 amide bonds. The minimum Gasteiger partial charge on any atom is -0.598 e. The molecule has 1 aromatic rings. The Balaban J connectivity index is 3.26. The summed E-state index contributed by atoms with van der Waals surface area (Å²) in [5.41, 5.74) is 0.969. The summed E-state index contributed by atoms with van der Waals surface area (Å²) in [7, 11) is -7.85. The topological polar surface area (TPSA) is 90.9 Å². The summed E-state index contributed by atoms with van der Waals surface area (Å²) in [4.78, 5) is 0.287. The van der Waals surface area contributed by atoms with Gasteiger partial charge in [-0.15, -0.1) is 4.72 Å². The van der Waals surface area contributed by atoms with Crippen LogP contribution < -0.4 is 4.72 Å². The fourth-order valence-electron chi connectivity index (χ4n) is 4.14. The first-order valence-electron chi connectivity index (χ1n) is 16.2. The summed E-state index contributed by atoms with van der Waals surface area (Å²) >= 11 is -1.16. The summed E-state index contributed by atoms with van der Waals surface area (Å²) < 4.78 is 58.7. The molecular formula is C33H66N2O5S2Si2. The Hall–Kier alpha value is -0.246. The standard InChI is InChI=1S/C33H66N2O5S2Si2/c1-26(2)35(42(37,38)30-22-20-28(21-23-30)24-39-43(13,14)32(7,8)9)29(25-40-44(15,16)33(10,11)12)19-17-18-27(3)34-41(36)31(4,5)6/h20-23,26-27,29,34H,17-19,24-25H2,1-16H3/t27-,29-,41-/m0/s1. The maximum absolute atomic E-state index is 14.3. The van der Waals surface area contributed by atoms with Crippen molar-refractivity contribution in [3.05, 3.63) is 29.8 Å². The largest absolute Gasteiger partial charge is 0.598 e. The van der Waals surface area contributed by atoms with Crippen LogP contribution in [0.4, 0.5) is 0 Å². The second-order valence-electron chi connectivity index (χ2n) is 16.7. The molecule has 0 aliphatic rings. The highest BCUT2D eigenvalue weighted by Crippen LogP contribution is 2.38. The van der Waals surface area contributed by atoms with Gasteiger partial charge in [-0.05, 0) is 108 Å². The van der Waals surface area contributed by atoms with Gasteiger partial charge in [0.1, 0.15) is 4.75 Å². The molecule has 7 nitrogen and oxygen atoms in total. The van der Waals surface area contributed by atoms with E-state index in [1.54, 1.807) is 16.4 Å². The lowest BCUT2D eigenvalue weighted by atomic mass is 10.1. The minimum absolute atomic E-state index is 0.0108. The van der Waals surface area contributed by atoms with E-state index in [-0.39, 0.29) is 37.8 Å².